The van der Waals surface area contributed by atoms with Crippen LogP contribution < -0.4 is 10.0 Å². The second-order valence-electron chi connectivity index (χ2n) is 5.35. The number of thiocarbonyl (C=S) groups is 1. The van der Waals surface area contributed by atoms with Crippen LogP contribution in [0.2, 0.25) is 5.02 Å². The number of sulfonamides is 1. The highest BCUT2D eigenvalue weighted by atomic mass is 35.5. The molecule has 0 saturated carbocycles. The predicted molar refractivity (Wildman–Crippen MR) is 96.5 cm³/mol. The second kappa shape index (κ2) is 6.47. The van der Waals surface area contributed by atoms with Gasteiger partial charge >= 0.3 is 0 Å². The summed E-state index contributed by atoms with van der Waals surface area (Å²) in [5.74, 6) is 0. The number of anilines is 1. The maximum atomic E-state index is 12.4. The van der Waals surface area contributed by atoms with Gasteiger partial charge in [0.2, 0.25) is 0 Å². The first-order valence-corrected chi connectivity index (χ1v) is 9.42. The summed E-state index contributed by atoms with van der Waals surface area (Å²) in [5.41, 5.74) is 2.99. The van der Waals surface area contributed by atoms with Gasteiger partial charge < -0.3 is 5.32 Å². The number of nitrogens with one attached hydrogen (secondary N) is 2. The van der Waals surface area contributed by atoms with Crippen LogP contribution in [-0.4, -0.2) is 13.5 Å². The van der Waals surface area contributed by atoms with E-state index in [2.05, 4.69) is 10.0 Å². The van der Waals surface area contributed by atoms with E-state index in [9.17, 15) is 8.42 Å². The molecule has 0 unspecified atom stereocenters. The molecule has 0 heterocycles. The number of fused-ring (bicyclic) bond motifs is 1. The zero-order valence-corrected chi connectivity index (χ0v) is 14.6. The minimum absolute atomic E-state index is 0.0211. The molecule has 3 rings (SSSR count). The highest BCUT2D eigenvalue weighted by molar-refractivity contribution is 7.92. The second-order valence-corrected chi connectivity index (χ2v) is 7.88. The van der Waals surface area contributed by atoms with Crippen molar-refractivity contribution in [2.75, 3.05) is 5.32 Å². The molecule has 2 N–H and O–H groups in total. The largest absolute Gasteiger partial charge is 0.332 e. The summed E-state index contributed by atoms with van der Waals surface area (Å²) in [7, 11) is -3.69. The lowest BCUT2D eigenvalue weighted by Gasteiger charge is -2.12. The van der Waals surface area contributed by atoms with Gasteiger partial charge in [0.05, 0.1) is 4.90 Å². The topological polar surface area (TPSA) is 58.2 Å². The van der Waals surface area contributed by atoms with Gasteiger partial charge in [-0.25, -0.2) is 8.42 Å². The first-order chi connectivity index (χ1) is 10.9. The molecule has 0 spiro atoms. The molecule has 0 radical (unpaired) electrons. The van der Waals surface area contributed by atoms with E-state index >= 15 is 0 Å². The summed E-state index contributed by atoms with van der Waals surface area (Å²) < 4.78 is 27.2. The van der Waals surface area contributed by atoms with Crippen LogP contribution in [0.15, 0.2) is 47.4 Å². The monoisotopic (exact) mass is 366 g/mol. The molecule has 1 aliphatic rings. The van der Waals surface area contributed by atoms with Crippen molar-refractivity contribution < 1.29 is 8.42 Å². The normalized spacial score (nSPS) is 13.4. The Labute approximate surface area is 145 Å². The summed E-state index contributed by atoms with van der Waals surface area (Å²) >= 11 is 10.9. The van der Waals surface area contributed by atoms with Crippen LogP contribution in [0.5, 0.6) is 0 Å². The predicted octanol–water partition coefficient (Wildman–Crippen LogP) is 3.50. The van der Waals surface area contributed by atoms with Gasteiger partial charge in [-0.1, -0.05) is 17.7 Å². The third kappa shape index (κ3) is 3.83. The van der Waals surface area contributed by atoms with Crippen molar-refractivity contribution in [1.82, 2.24) is 4.72 Å². The Hall–Kier alpha value is -1.63. The molecule has 23 heavy (non-hydrogen) atoms. The molecule has 120 valence electrons. The van der Waals surface area contributed by atoms with E-state index in [4.69, 9.17) is 23.8 Å². The summed E-state index contributed by atoms with van der Waals surface area (Å²) in [5, 5.41) is 3.45. The van der Waals surface area contributed by atoms with Crippen molar-refractivity contribution in [3.8, 4) is 0 Å². The number of aryl methyl sites for hydroxylation is 2. The molecule has 0 aliphatic heterocycles. The summed E-state index contributed by atoms with van der Waals surface area (Å²) in [6, 6.07) is 12.1. The summed E-state index contributed by atoms with van der Waals surface area (Å²) in [4.78, 5) is 0.235. The maximum absolute atomic E-state index is 12.4. The van der Waals surface area contributed by atoms with E-state index in [1.54, 1.807) is 36.4 Å². The van der Waals surface area contributed by atoms with E-state index in [-0.39, 0.29) is 10.0 Å². The molecule has 1 aliphatic carbocycles. The number of benzene rings is 2. The van der Waals surface area contributed by atoms with Gasteiger partial charge in [-0.15, -0.1) is 0 Å². The van der Waals surface area contributed by atoms with Crippen molar-refractivity contribution in [2.45, 2.75) is 24.2 Å². The van der Waals surface area contributed by atoms with Crippen LogP contribution in [-0.2, 0) is 22.9 Å². The average molecular weight is 367 g/mol. The van der Waals surface area contributed by atoms with E-state index in [0.717, 1.165) is 24.8 Å². The smallest absolute Gasteiger partial charge is 0.263 e. The van der Waals surface area contributed by atoms with E-state index in [1.165, 1.54) is 5.56 Å². The first kappa shape index (κ1) is 16.2. The van der Waals surface area contributed by atoms with Crippen molar-refractivity contribution in [1.29, 1.82) is 0 Å². The van der Waals surface area contributed by atoms with Crippen LogP contribution in [0, 0.1) is 0 Å². The standard InChI is InChI=1S/C16H15ClN2O2S2/c17-13-5-7-14(8-6-13)18-16(22)19-23(20,21)15-9-4-11-2-1-3-12(11)10-15/h4-10H,1-3H2,(H2,18,19,22). The van der Waals surface area contributed by atoms with Crippen LogP contribution in [0.3, 0.4) is 0 Å². The third-order valence-corrected chi connectivity index (χ3v) is 5.64. The maximum Gasteiger partial charge on any atom is 0.263 e. The lowest BCUT2D eigenvalue weighted by atomic mass is 10.1. The fourth-order valence-electron chi connectivity index (χ4n) is 2.59. The number of rotatable bonds is 3. The molecule has 0 bridgehead atoms. The van der Waals surface area contributed by atoms with Crippen molar-refractivity contribution in [3.63, 3.8) is 0 Å². The van der Waals surface area contributed by atoms with E-state index in [1.807, 2.05) is 6.07 Å². The Morgan fingerprint density at radius 2 is 1.74 bits per heavy atom. The molecule has 7 heteroatoms. The van der Waals surface area contributed by atoms with E-state index < -0.39 is 10.0 Å². The quantitative estimate of drug-likeness (QED) is 0.816. The lowest BCUT2D eigenvalue weighted by Crippen LogP contribution is -2.34. The van der Waals surface area contributed by atoms with Gasteiger partial charge in [-0.05, 0) is 79.0 Å². The van der Waals surface area contributed by atoms with Crippen molar-refractivity contribution in [3.05, 3.63) is 58.6 Å². The third-order valence-electron chi connectivity index (χ3n) is 3.71. The minimum atomic E-state index is -3.69. The Kier molecular flexibility index (Phi) is 4.57. The van der Waals surface area contributed by atoms with Gasteiger partial charge in [0.1, 0.15) is 0 Å². The molecule has 2 aromatic carbocycles. The molecule has 0 aromatic heterocycles. The highest BCUT2D eigenvalue weighted by Crippen LogP contribution is 2.24. The number of halogens is 1. The molecular weight excluding hydrogens is 352 g/mol. The molecule has 0 atom stereocenters. The zero-order chi connectivity index (χ0) is 16.4. The lowest BCUT2D eigenvalue weighted by molar-refractivity contribution is 0.592. The Bertz CT molecular complexity index is 849. The molecule has 4 nitrogen and oxygen atoms in total. The Morgan fingerprint density at radius 3 is 2.48 bits per heavy atom. The molecule has 0 fully saturated rings. The SMILES string of the molecule is O=S(=O)(NC(=S)Nc1ccc(Cl)cc1)c1ccc2c(c1)CCC2. The zero-order valence-electron chi connectivity index (χ0n) is 12.2. The molecule has 0 amide bonds. The summed E-state index contributed by atoms with van der Waals surface area (Å²) in [6.45, 7) is 0. The molecular formula is C16H15ClN2O2S2. The van der Waals surface area contributed by atoms with E-state index in [0.29, 0.717) is 10.7 Å². The van der Waals surface area contributed by atoms with Gasteiger partial charge in [-0.2, -0.15) is 0 Å². The first-order valence-electron chi connectivity index (χ1n) is 7.15. The molecule has 0 saturated heterocycles. The van der Waals surface area contributed by atoms with Crippen LogP contribution in [0.1, 0.15) is 17.5 Å². The van der Waals surface area contributed by atoms with Crippen molar-refractivity contribution >= 4 is 44.6 Å². The van der Waals surface area contributed by atoms with Gasteiger partial charge in [-0.3, -0.25) is 4.72 Å². The fraction of sp³-hybridized carbons (Fsp3) is 0.188. The van der Waals surface area contributed by atoms with Crippen LogP contribution >= 0.6 is 23.8 Å². The van der Waals surface area contributed by atoms with Crippen LogP contribution in [0.4, 0.5) is 5.69 Å². The number of hydrogen-bond donors (Lipinski definition) is 2. The molecule has 2 aromatic rings. The van der Waals surface area contributed by atoms with Gasteiger partial charge in [0.15, 0.2) is 5.11 Å². The number of hydrogen-bond acceptors (Lipinski definition) is 3. The van der Waals surface area contributed by atoms with Crippen molar-refractivity contribution in [2.24, 2.45) is 0 Å². The van der Waals surface area contributed by atoms with Crippen LogP contribution in [0.25, 0.3) is 0 Å². The Morgan fingerprint density at radius 1 is 1.04 bits per heavy atom. The minimum Gasteiger partial charge on any atom is -0.332 e. The average Bonchev–Trinajstić information content (AvgIpc) is 2.96. The van der Waals surface area contributed by atoms with Gasteiger partial charge in [0, 0.05) is 10.7 Å². The Balaban J connectivity index is 1.73. The highest BCUT2D eigenvalue weighted by Gasteiger charge is 2.19. The fourth-order valence-corrected chi connectivity index (χ4v) is 4.12. The summed E-state index contributed by atoms with van der Waals surface area (Å²) in [6.07, 6.45) is 3.01. The van der Waals surface area contributed by atoms with Gasteiger partial charge in [0.25, 0.3) is 10.0 Å².